The van der Waals surface area contributed by atoms with Gasteiger partial charge >= 0.3 is 6.18 Å². The molecule has 0 saturated heterocycles. The summed E-state index contributed by atoms with van der Waals surface area (Å²) in [5, 5.41) is 11.1. The number of ether oxygens (including phenoxy) is 2. The molecule has 7 nitrogen and oxygen atoms in total. The van der Waals surface area contributed by atoms with Crippen molar-refractivity contribution in [3.63, 3.8) is 0 Å². The summed E-state index contributed by atoms with van der Waals surface area (Å²) in [6.45, 7) is 0. The SMILES string of the molecule is COc1ccc(N(C)C(=O)CSc2ccc(C(F)(F)F)cc2[N+](=O)[O-])cc1OC. The highest BCUT2D eigenvalue weighted by Crippen LogP contribution is 2.37. The van der Waals surface area contributed by atoms with Crippen molar-refractivity contribution in [1.29, 1.82) is 0 Å². The topological polar surface area (TPSA) is 81.9 Å². The van der Waals surface area contributed by atoms with Crippen LogP contribution in [0.1, 0.15) is 5.56 Å². The number of benzene rings is 2. The third-order valence-corrected chi connectivity index (χ3v) is 5.01. The van der Waals surface area contributed by atoms with Gasteiger partial charge in [0.25, 0.3) is 5.69 Å². The summed E-state index contributed by atoms with van der Waals surface area (Å²) in [5.41, 5.74) is -1.33. The maximum Gasteiger partial charge on any atom is 0.416 e. The number of amides is 1. The predicted octanol–water partition coefficient (Wildman–Crippen LogP) is 4.39. The summed E-state index contributed by atoms with van der Waals surface area (Å²) in [4.78, 5) is 24.0. The first-order valence-electron chi connectivity index (χ1n) is 8.05. The van der Waals surface area contributed by atoms with Crippen LogP contribution in [-0.2, 0) is 11.0 Å². The molecule has 2 aromatic rings. The van der Waals surface area contributed by atoms with Crippen LogP contribution in [0, 0.1) is 10.1 Å². The van der Waals surface area contributed by atoms with Crippen molar-refractivity contribution in [3.8, 4) is 11.5 Å². The smallest absolute Gasteiger partial charge is 0.416 e. The number of rotatable bonds is 7. The van der Waals surface area contributed by atoms with Crippen molar-refractivity contribution >= 4 is 29.0 Å². The molecule has 0 spiro atoms. The number of hydrogen-bond acceptors (Lipinski definition) is 6. The molecule has 2 rings (SSSR count). The second-order valence-electron chi connectivity index (χ2n) is 5.72. The Labute approximate surface area is 168 Å². The van der Waals surface area contributed by atoms with E-state index in [0.29, 0.717) is 23.3 Å². The lowest BCUT2D eigenvalue weighted by molar-refractivity contribution is -0.388. The molecule has 0 aromatic heterocycles. The number of nitro benzene ring substituents is 1. The number of nitrogens with zero attached hydrogens (tertiary/aromatic N) is 2. The highest BCUT2D eigenvalue weighted by atomic mass is 32.2. The van der Waals surface area contributed by atoms with Crippen LogP contribution in [0.2, 0.25) is 0 Å². The van der Waals surface area contributed by atoms with Crippen molar-refractivity contribution < 1.29 is 32.4 Å². The lowest BCUT2D eigenvalue weighted by Gasteiger charge is -2.19. The van der Waals surface area contributed by atoms with Gasteiger partial charge < -0.3 is 14.4 Å². The minimum atomic E-state index is -4.70. The molecule has 0 saturated carbocycles. The van der Waals surface area contributed by atoms with Gasteiger partial charge in [0.2, 0.25) is 5.91 Å². The van der Waals surface area contributed by atoms with E-state index in [0.717, 1.165) is 23.9 Å². The summed E-state index contributed by atoms with van der Waals surface area (Å²) in [7, 11) is 4.42. The van der Waals surface area contributed by atoms with E-state index in [-0.39, 0.29) is 10.6 Å². The second kappa shape index (κ2) is 9.03. The fourth-order valence-corrected chi connectivity index (χ4v) is 3.29. The van der Waals surface area contributed by atoms with E-state index in [1.54, 1.807) is 18.2 Å². The first kappa shape index (κ1) is 22.3. The summed E-state index contributed by atoms with van der Waals surface area (Å²) in [6.07, 6.45) is -4.70. The van der Waals surface area contributed by atoms with Gasteiger partial charge in [0.05, 0.1) is 35.4 Å². The van der Waals surface area contributed by atoms with Crippen molar-refractivity contribution in [2.75, 3.05) is 31.9 Å². The van der Waals surface area contributed by atoms with Gasteiger partial charge in [-0.25, -0.2) is 0 Å². The second-order valence-corrected chi connectivity index (χ2v) is 6.74. The quantitative estimate of drug-likeness (QED) is 0.368. The molecule has 0 aliphatic rings. The number of alkyl halides is 3. The molecule has 2 aromatic carbocycles. The lowest BCUT2D eigenvalue weighted by Crippen LogP contribution is -2.27. The third kappa shape index (κ3) is 5.31. The molecular formula is C18H17F3N2O5S. The van der Waals surface area contributed by atoms with E-state index in [9.17, 15) is 28.1 Å². The number of anilines is 1. The van der Waals surface area contributed by atoms with Gasteiger partial charge in [0.1, 0.15) is 0 Å². The summed E-state index contributed by atoms with van der Waals surface area (Å²) < 4.78 is 48.6. The molecule has 0 aliphatic carbocycles. The van der Waals surface area contributed by atoms with Crippen molar-refractivity contribution in [3.05, 3.63) is 52.1 Å². The zero-order chi connectivity index (χ0) is 21.8. The van der Waals surface area contributed by atoms with E-state index in [1.807, 2.05) is 0 Å². The normalized spacial score (nSPS) is 11.1. The van der Waals surface area contributed by atoms with Gasteiger partial charge in [0, 0.05) is 24.9 Å². The van der Waals surface area contributed by atoms with Crippen LogP contribution in [0.5, 0.6) is 11.5 Å². The van der Waals surface area contributed by atoms with Crippen LogP contribution < -0.4 is 14.4 Å². The summed E-state index contributed by atoms with van der Waals surface area (Å²) >= 11 is 0.787. The Bertz CT molecular complexity index is 921. The number of halogens is 3. The fourth-order valence-electron chi connectivity index (χ4n) is 2.37. The zero-order valence-corrected chi connectivity index (χ0v) is 16.5. The van der Waals surface area contributed by atoms with E-state index in [4.69, 9.17) is 9.47 Å². The van der Waals surface area contributed by atoms with Crippen LogP contribution in [0.25, 0.3) is 0 Å². The Morgan fingerprint density at radius 3 is 2.34 bits per heavy atom. The first-order chi connectivity index (χ1) is 13.6. The average Bonchev–Trinajstić information content (AvgIpc) is 2.69. The number of carbonyl (C=O) groups is 1. The summed E-state index contributed by atoms with van der Waals surface area (Å²) in [6, 6.07) is 7.04. The third-order valence-electron chi connectivity index (χ3n) is 3.96. The van der Waals surface area contributed by atoms with Gasteiger partial charge in [-0.2, -0.15) is 13.2 Å². The molecule has 29 heavy (non-hydrogen) atoms. The number of hydrogen-bond donors (Lipinski definition) is 0. The fraction of sp³-hybridized carbons (Fsp3) is 0.278. The molecule has 0 aliphatic heterocycles. The predicted molar refractivity (Wildman–Crippen MR) is 102 cm³/mol. The average molecular weight is 430 g/mol. The van der Waals surface area contributed by atoms with Crippen molar-refractivity contribution in [2.24, 2.45) is 0 Å². The van der Waals surface area contributed by atoms with Gasteiger partial charge in [-0.05, 0) is 24.3 Å². The van der Waals surface area contributed by atoms with E-state index in [2.05, 4.69) is 0 Å². The zero-order valence-electron chi connectivity index (χ0n) is 15.6. The minimum Gasteiger partial charge on any atom is -0.493 e. The van der Waals surface area contributed by atoms with Crippen LogP contribution in [0.15, 0.2) is 41.3 Å². The van der Waals surface area contributed by atoms with Gasteiger partial charge in [-0.3, -0.25) is 14.9 Å². The van der Waals surface area contributed by atoms with Gasteiger partial charge in [-0.1, -0.05) is 0 Å². The molecule has 1 amide bonds. The highest BCUT2D eigenvalue weighted by Gasteiger charge is 2.33. The van der Waals surface area contributed by atoms with Crippen LogP contribution >= 0.6 is 11.8 Å². The number of carbonyl (C=O) groups excluding carboxylic acids is 1. The lowest BCUT2D eigenvalue weighted by atomic mass is 10.2. The number of nitro groups is 1. The van der Waals surface area contributed by atoms with Crippen LogP contribution in [0.4, 0.5) is 24.5 Å². The molecule has 0 heterocycles. The largest absolute Gasteiger partial charge is 0.493 e. The molecule has 156 valence electrons. The van der Waals surface area contributed by atoms with Crippen LogP contribution in [-0.4, -0.2) is 37.9 Å². The molecule has 0 fully saturated rings. The Morgan fingerprint density at radius 2 is 1.79 bits per heavy atom. The number of methoxy groups -OCH3 is 2. The van der Waals surface area contributed by atoms with E-state index < -0.39 is 28.3 Å². The Kier molecular flexibility index (Phi) is 6.96. The molecule has 0 atom stereocenters. The molecule has 11 heteroatoms. The van der Waals surface area contributed by atoms with Crippen molar-refractivity contribution in [2.45, 2.75) is 11.1 Å². The first-order valence-corrected chi connectivity index (χ1v) is 9.04. The van der Waals surface area contributed by atoms with Crippen LogP contribution in [0.3, 0.4) is 0 Å². The Balaban J connectivity index is 2.17. The maximum absolute atomic E-state index is 12.8. The maximum atomic E-state index is 12.8. The van der Waals surface area contributed by atoms with Gasteiger partial charge in [-0.15, -0.1) is 11.8 Å². The van der Waals surface area contributed by atoms with Gasteiger partial charge in [0.15, 0.2) is 11.5 Å². The molecule has 0 bridgehead atoms. The molecular weight excluding hydrogens is 413 g/mol. The Morgan fingerprint density at radius 1 is 1.14 bits per heavy atom. The molecule has 0 N–H and O–H groups in total. The Hall–Kier alpha value is -2.95. The summed E-state index contributed by atoms with van der Waals surface area (Å²) in [5.74, 6) is 0.274. The van der Waals surface area contributed by atoms with E-state index >= 15 is 0 Å². The standard InChI is InChI=1S/C18H17F3N2O5S/c1-22(12-5-6-14(27-2)15(9-12)28-3)17(24)10-29-16-7-4-11(18(19,20)21)8-13(16)23(25)26/h4-9H,10H2,1-3H3. The van der Waals surface area contributed by atoms with E-state index in [1.165, 1.54) is 26.2 Å². The highest BCUT2D eigenvalue weighted by molar-refractivity contribution is 8.00. The number of thioether (sulfide) groups is 1. The monoisotopic (exact) mass is 430 g/mol. The molecule has 0 unspecified atom stereocenters. The minimum absolute atomic E-state index is 0.0305. The van der Waals surface area contributed by atoms with Crippen molar-refractivity contribution in [1.82, 2.24) is 0 Å². The molecule has 0 radical (unpaired) electrons.